The number of Topliss-reactive ketones (excluding diaryl/α,β-unsaturated/α-hetero) is 1. The van der Waals surface area contributed by atoms with E-state index in [0.717, 1.165) is 36.7 Å². The Kier molecular flexibility index (Phi) is 5.98. The van der Waals surface area contributed by atoms with Crippen molar-refractivity contribution in [2.45, 2.75) is 57.8 Å². The van der Waals surface area contributed by atoms with E-state index < -0.39 is 45.0 Å². The average molecular weight is 546 g/mol. The Labute approximate surface area is 222 Å². The smallest absolute Gasteiger partial charge is 0.264 e. The third-order valence-electron chi connectivity index (χ3n) is 10.3. The number of carbonyl (C=O) groups is 2. The SMILES string of the molecule is CC12C=CC(=O)C=C1CCC1C2C(O)CC2(C)C1CC1CN(Cc3ccoc3)OC12C(=O)COS(C)(=O)=O. The number of hydrogen-bond donors (Lipinski definition) is 1. The Hall–Kier alpha value is -2.11. The molecule has 1 N–H and O–H groups in total. The minimum atomic E-state index is -3.83. The quantitative estimate of drug-likeness (QED) is 0.538. The normalized spacial score (nSPS) is 42.3. The second-order valence-electron chi connectivity index (χ2n) is 12.3. The Morgan fingerprint density at radius 1 is 1.32 bits per heavy atom. The molecule has 10 heteroatoms. The van der Waals surface area contributed by atoms with Crippen molar-refractivity contribution in [3.63, 3.8) is 0 Å². The number of ketones is 2. The summed E-state index contributed by atoms with van der Waals surface area (Å²) >= 11 is 0. The van der Waals surface area contributed by atoms with Crippen LogP contribution in [-0.2, 0) is 35.3 Å². The molecule has 4 aliphatic carbocycles. The molecule has 0 radical (unpaired) electrons. The number of allylic oxidation sites excluding steroid dienone is 4. The summed E-state index contributed by atoms with van der Waals surface area (Å²) in [6.07, 6.45) is 11.4. The van der Waals surface area contributed by atoms with Crippen molar-refractivity contribution in [2.75, 3.05) is 19.4 Å². The lowest BCUT2D eigenvalue weighted by Crippen LogP contribution is -2.63. The van der Waals surface area contributed by atoms with Gasteiger partial charge in [0.1, 0.15) is 6.61 Å². The number of fused-ring (bicyclic) bond motifs is 7. The van der Waals surface area contributed by atoms with Crippen LogP contribution < -0.4 is 0 Å². The molecule has 0 bridgehead atoms. The van der Waals surface area contributed by atoms with Gasteiger partial charge in [-0.1, -0.05) is 25.5 Å². The molecule has 1 saturated heterocycles. The van der Waals surface area contributed by atoms with Gasteiger partial charge in [0.25, 0.3) is 10.1 Å². The van der Waals surface area contributed by atoms with Crippen molar-refractivity contribution in [2.24, 2.45) is 34.5 Å². The summed E-state index contributed by atoms with van der Waals surface area (Å²) < 4.78 is 33.8. The Balaban J connectivity index is 1.37. The molecule has 6 rings (SSSR count). The highest BCUT2D eigenvalue weighted by Gasteiger charge is 2.75. The number of carbonyl (C=O) groups excluding carboxylic acids is 2. The van der Waals surface area contributed by atoms with Gasteiger partial charge in [-0.05, 0) is 55.7 Å². The fourth-order valence-corrected chi connectivity index (χ4v) is 9.21. The molecule has 4 fully saturated rings. The summed E-state index contributed by atoms with van der Waals surface area (Å²) in [5.74, 6) is -0.458. The lowest BCUT2D eigenvalue weighted by Gasteiger charge is -2.60. The second kappa shape index (κ2) is 8.69. The average Bonchev–Trinajstić information content (AvgIpc) is 3.53. The monoisotopic (exact) mass is 545 g/mol. The van der Waals surface area contributed by atoms with Gasteiger partial charge in [0.15, 0.2) is 17.2 Å². The van der Waals surface area contributed by atoms with E-state index in [4.69, 9.17) is 13.4 Å². The van der Waals surface area contributed by atoms with Gasteiger partial charge in [-0.2, -0.15) is 13.5 Å². The second-order valence-corrected chi connectivity index (χ2v) is 14.0. The number of hydroxylamine groups is 2. The van der Waals surface area contributed by atoms with Gasteiger partial charge in [-0.25, -0.2) is 0 Å². The summed E-state index contributed by atoms with van der Waals surface area (Å²) in [7, 11) is -3.83. The van der Waals surface area contributed by atoms with Gasteiger partial charge >= 0.3 is 0 Å². The predicted molar refractivity (Wildman–Crippen MR) is 136 cm³/mol. The molecule has 2 heterocycles. The van der Waals surface area contributed by atoms with Crippen molar-refractivity contribution in [3.05, 3.63) is 48.0 Å². The summed E-state index contributed by atoms with van der Waals surface area (Å²) in [4.78, 5) is 32.7. The maximum Gasteiger partial charge on any atom is 0.264 e. The van der Waals surface area contributed by atoms with Crippen LogP contribution in [0.5, 0.6) is 0 Å². The maximum atomic E-state index is 14.0. The van der Waals surface area contributed by atoms with Crippen molar-refractivity contribution < 1.29 is 36.6 Å². The third kappa shape index (κ3) is 3.75. The van der Waals surface area contributed by atoms with Crippen molar-refractivity contribution in [1.29, 1.82) is 0 Å². The molecule has 8 atom stereocenters. The van der Waals surface area contributed by atoms with Gasteiger partial charge < -0.3 is 9.52 Å². The van der Waals surface area contributed by atoms with Gasteiger partial charge in [0.05, 0.1) is 31.4 Å². The molecule has 1 aromatic rings. The maximum absolute atomic E-state index is 14.0. The van der Waals surface area contributed by atoms with Crippen molar-refractivity contribution >= 4 is 21.7 Å². The van der Waals surface area contributed by atoms with Gasteiger partial charge in [-0.15, -0.1) is 0 Å². The zero-order valence-corrected chi connectivity index (χ0v) is 22.8. The Bertz CT molecular complexity index is 1320. The molecule has 206 valence electrons. The largest absolute Gasteiger partial charge is 0.472 e. The molecule has 0 aromatic carbocycles. The number of nitrogens with zero attached hydrogens (tertiary/aromatic N) is 1. The topological polar surface area (TPSA) is 123 Å². The van der Waals surface area contributed by atoms with Crippen LogP contribution in [0.15, 0.2) is 46.8 Å². The van der Waals surface area contributed by atoms with Crippen LogP contribution in [0.2, 0.25) is 0 Å². The van der Waals surface area contributed by atoms with Crippen LogP contribution in [0, 0.1) is 34.5 Å². The van der Waals surface area contributed by atoms with E-state index in [0.29, 0.717) is 19.5 Å². The summed E-state index contributed by atoms with van der Waals surface area (Å²) in [6.45, 7) is 4.48. The molecular weight excluding hydrogens is 510 g/mol. The fourth-order valence-electron chi connectivity index (χ4n) is 8.89. The van der Waals surface area contributed by atoms with E-state index in [2.05, 4.69) is 6.92 Å². The standard InChI is InChI=1S/C28H35NO8S/c1-26-8-6-20(30)10-18(26)4-5-21-22-11-19-14-29(13-17-7-9-35-15-17)37-28(19,24(32)16-36-38(3,33)34)27(22,2)12-23(31)25(21)26/h6-10,15,19,21-23,25,31H,4-5,11-14,16H2,1-3H3. The van der Waals surface area contributed by atoms with E-state index in [-0.39, 0.29) is 29.5 Å². The van der Waals surface area contributed by atoms with Crippen molar-refractivity contribution in [3.8, 4) is 0 Å². The predicted octanol–water partition coefficient (Wildman–Crippen LogP) is 2.82. The Morgan fingerprint density at radius 2 is 2.11 bits per heavy atom. The highest BCUT2D eigenvalue weighted by Crippen LogP contribution is 2.70. The number of aliphatic hydroxyl groups is 1. The van der Waals surface area contributed by atoms with E-state index in [1.807, 2.05) is 19.1 Å². The first kappa shape index (κ1) is 26.1. The number of furan rings is 1. The molecular formula is C28H35NO8S. The minimum Gasteiger partial charge on any atom is -0.472 e. The summed E-state index contributed by atoms with van der Waals surface area (Å²) in [6, 6.07) is 1.84. The van der Waals surface area contributed by atoms with Crippen LogP contribution in [0.1, 0.15) is 45.1 Å². The first-order valence-corrected chi connectivity index (χ1v) is 15.1. The first-order chi connectivity index (χ1) is 17.9. The van der Waals surface area contributed by atoms with Gasteiger partial charge in [0.2, 0.25) is 0 Å². The van der Waals surface area contributed by atoms with E-state index >= 15 is 0 Å². The lowest BCUT2D eigenvalue weighted by atomic mass is 9.46. The fraction of sp³-hybridized carbons (Fsp3) is 0.643. The van der Waals surface area contributed by atoms with Crippen LogP contribution >= 0.6 is 0 Å². The summed E-state index contributed by atoms with van der Waals surface area (Å²) in [5.41, 5.74) is -0.480. The molecule has 0 amide bonds. The van der Waals surface area contributed by atoms with E-state index in [1.54, 1.807) is 29.7 Å². The highest BCUT2D eigenvalue weighted by molar-refractivity contribution is 7.86. The molecule has 5 aliphatic rings. The molecule has 38 heavy (non-hydrogen) atoms. The van der Waals surface area contributed by atoms with Crippen LogP contribution in [-0.4, -0.2) is 61.3 Å². The van der Waals surface area contributed by atoms with Crippen molar-refractivity contribution in [1.82, 2.24) is 5.06 Å². The molecule has 9 nitrogen and oxygen atoms in total. The molecule has 8 unspecified atom stereocenters. The zero-order chi connectivity index (χ0) is 27.1. The molecule has 3 saturated carbocycles. The highest BCUT2D eigenvalue weighted by atomic mass is 32.2. The minimum absolute atomic E-state index is 0.0111. The number of hydrogen-bond acceptors (Lipinski definition) is 9. The zero-order valence-electron chi connectivity index (χ0n) is 22.0. The van der Waals surface area contributed by atoms with Crippen LogP contribution in [0.25, 0.3) is 0 Å². The number of rotatable bonds is 6. The molecule has 1 aliphatic heterocycles. The van der Waals surface area contributed by atoms with Gasteiger partial charge in [0, 0.05) is 34.8 Å². The first-order valence-electron chi connectivity index (χ1n) is 13.3. The summed E-state index contributed by atoms with van der Waals surface area (Å²) in [5, 5.41) is 13.5. The van der Waals surface area contributed by atoms with Crippen LogP contribution in [0.3, 0.4) is 0 Å². The Morgan fingerprint density at radius 3 is 2.82 bits per heavy atom. The van der Waals surface area contributed by atoms with E-state index in [9.17, 15) is 23.1 Å². The van der Waals surface area contributed by atoms with Gasteiger partial charge in [-0.3, -0.25) is 18.6 Å². The number of aliphatic hydroxyl groups excluding tert-OH is 1. The molecule has 0 spiro atoms. The van der Waals surface area contributed by atoms with Crippen LogP contribution in [0.4, 0.5) is 0 Å². The van der Waals surface area contributed by atoms with E-state index in [1.165, 1.54) is 0 Å². The molecule has 1 aromatic heterocycles. The third-order valence-corrected chi connectivity index (χ3v) is 10.8. The lowest BCUT2D eigenvalue weighted by molar-refractivity contribution is -0.254.